The van der Waals surface area contributed by atoms with Gasteiger partial charge in [-0.05, 0) is 81.2 Å². The fraction of sp³-hybridized carbons (Fsp3) is 0.458. The number of rotatable bonds is 8. The molecule has 2 aromatic rings. The molecule has 0 radical (unpaired) electrons. The first-order valence-corrected chi connectivity index (χ1v) is 13.3. The second-order valence-electron chi connectivity index (χ2n) is 8.35. The second kappa shape index (κ2) is 10.8. The number of nitrogens with zero attached hydrogens (tertiary/aromatic N) is 1. The van der Waals surface area contributed by atoms with Crippen molar-refractivity contribution in [2.24, 2.45) is 5.92 Å². The van der Waals surface area contributed by atoms with Gasteiger partial charge in [0.25, 0.3) is 0 Å². The van der Waals surface area contributed by atoms with Crippen LogP contribution in [0.5, 0.6) is 0 Å². The minimum Gasteiger partial charge on any atom is -0.356 e. The average Bonchev–Trinajstić information content (AvgIpc) is 2.74. The molecule has 1 aliphatic heterocycles. The van der Waals surface area contributed by atoms with Gasteiger partial charge in [-0.25, -0.2) is 12.8 Å². The Kier molecular flexibility index (Phi) is 8.36. The molecule has 1 saturated heterocycles. The van der Waals surface area contributed by atoms with Crippen molar-refractivity contribution >= 4 is 27.7 Å². The van der Waals surface area contributed by atoms with E-state index in [1.165, 1.54) is 16.4 Å². The van der Waals surface area contributed by atoms with Gasteiger partial charge in [0.1, 0.15) is 5.82 Å². The minimum absolute atomic E-state index is 0.00322. The van der Waals surface area contributed by atoms with Gasteiger partial charge in [0.2, 0.25) is 15.9 Å². The van der Waals surface area contributed by atoms with Crippen LogP contribution in [-0.2, 0) is 14.8 Å². The van der Waals surface area contributed by atoms with Gasteiger partial charge in [-0.2, -0.15) is 4.31 Å². The summed E-state index contributed by atoms with van der Waals surface area (Å²) in [4.78, 5) is 13.9. The van der Waals surface area contributed by atoms with E-state index < -0.39 is 10.0 Å². The summed E-state index contributed by atoms with van der Waals surface area (Å²) in [7, 11) is -3.57. The number of amides is 1. The van der Waals surface area contributed by atoms with E-state index in [0.717, 1.165) is 33.8 Å². The number of thioether (sulfide) groups is 1. The Balaban J connectivity index is 1.44. The number of aryl methyl sites for hydroxylation is 3. The summed E-state index contributed by atoms with van der Waals surface area (Å²) in [6.45, 7) is 6.92. The number of piperidine rings is 1. The van der Waals surface area contributed by atoms with Crippen LogP contribution in [0.2, 0.25) is 0 Å². The molecule has 1 heterocycles. The molecule has 1 fully saturated rings. The van der Waals surface area contributed by atoms with Gasteiger partial charge < -0.3 is 5.32 Å². The molecule has 2 aromatic carbocycles. The van der Waals surface area contributed by atoms with Crippen molar-refractivity contribution in [3.63, 3.8) is 0 Å². The highest BCUT2D eigenvalue weighted by atomic mass is 32.2. The van der Waals surface area contributed by atoms with Crippen LogP contribution >= 0.6 is 11.8 Å². The molecule has 174 valence electrons. The Bertz CT molecular complexity index is 1020. The van der Waals surface area contributed by atoms with Crippen molar-refractivity contribution in [1.29, 1.82) is 0 Å². The number of hydrogen-bond donors (Lipinski definition) is 1. The van der Waals surface area contributed by atoms with Gasteiger partial charge in [-0.3, -0.25) is 4.79 Å². The zero-order valence-corrected chi connectivity index (χ0v) is 20.5. The second-order valence-corrected chi connectivity index (χ2v) is 11.4. The van der Waals surface area contributed by atoms with Crippen LogP contribution in [-0.4, -0.2) is 44.0 Å². The molecule has 0 unspecified atom stereocenters. The summed E-state index contributed by atoms with van der Waals surface area (Å²) in [5.74, 6) is 0.422. The highest BCUT2D eigenvalue weighted by Gasteiger charge is 2.33. The molecule has 8 heteroatoms. The molecular weight excluding hydrogens is 447 g/mol. The maximum atomic E-state index is 13.2. The quantitative estimate of drug-likeness (QED) is 0.450. The van der Waals surface area contributed by atoms with Gasteiger partial charge in [-0.1, -0.05) is 17.7 Å². The summed E-state index contributed by atoms with van der Waals surface area (Å²) in [5.41, 5.74) is 2.58. The van der Waals surface area contributed by atoms with Crippen LogP contribution in [0.25, 0.3) is 0 Å². The predicted molar refractivity (Wildman–Crippen MR) is 127 cm³/mol. The van der Waals surface area contributed by atoms with Crippen molar-refractivity contribution in [2.75, 3.05) is 25.4 Å². The summed E-state index contributed by atoms with van der Waals surface area (Å²) in [5, 5.41) is 2.98. The van der Waals surface area contributed by atoms with Crippen LogP contribution in [0.3, 0.4) is 0 Å². The van der Waals surface area contributed by atoms with Crippen LogP contribution < -0.4 is 5.32 Å². The van der Waals surface area contributed by atoms with Crippen LogP contribution in [0, 0.1) is 32.5 Å². The molecule has 0 atom stereocenters. The number of halogens is 1. The van der Waals surface area contributed by atoms with Crippen LogP contribution in [0.4, 0.5) is 4.39 Å². The largest absolute Gasteiger partial charge is 0.356 e. The topological polar surface area (TPSA) is 66.5 Å². The number of hydrogen-bond acceptors (Lipinski definition) is 4. The number of benzene rings is 2. The van der Waals surface area contributed by atoms with Gasteiger partial charge in [0.15, 0.2) is 0 Å². The van der Waals surface area contributed by atoms with E-state index >= 15 is 0 Å². The molecule has 0 aromatic heterocycles. The summed E-state index contributed by atoms with van der Waals surface area (Å²) >= 11 is 1.63. The van der Waals surface area contributed by atoms with Crippen molar-refractivity contribution in [3.05, 3.63) is 58.9 Å². The highest BCUT2D eigenvalue weighted by Crippen LogP contribution is 2.29. The van der Waals surface area contributed by atoms with Crippen LogP contribution in [0.1, 0.15) is 36.0 Å². The smallest absolute Gasteiger partial charge is 0.243 e. The monoisotopic (exact) mass is 478 g/mol. The number of carbonyl (C=O) groups excluding carboxylic acids is 1. The van der Waals surface area contributed by atoms with E-state index in [2.05, 4.69) is 5.32 Å². The molecule has 1 amide bonds. The number of nitrogens with one attached hydrogen (secondary N) is 1. The van der Waals surface area contributed by atoms with E-state index in [-0.39, 0.29) is 17.6 Å². The molecule has 0 bridgehead atoms. The molecule has 32 heavy (non-hydrogen) atoms. The molecular formula is C24H31FN2O3S2. The zero-order valence-electron chi connectivity index (χ0n) is 18.9. The molecule has 0 aliphatic carbocycles. The third-order valence-corrected chi connectivity index (χ3v) is 9.03. The van der Waals surface area contributed by atoms with Gasteiger partial charge in [0, 0.05) is 30.4 Å². The van der Waals surface area contributed by atoms with Crippen molar-refractivity contribution in [3.8, 4) is 0 Å². The van der Waals surface area contributed by atoms with Crippen molar-refractivity contribution in [1.82, 2.24) is 9.62 Å². The van der Waals surface area contributed by atoms with Crippen LogP contribution in [0.15, 0.2) is 46.2 Å². The van der Waals surface area contributed by atoms with E-state index in [0.29, 0.717) is 37.4 Å². The summed E-state index contributed by atoms with van der Waals surface area (Å²) < 4.78 is 40.8. The first kappa shape index (κ1) is 24.7. The molecule has 1 N–H and O–H groups in total. The molecule has 0 saturated carbocycles. The average molecular weight is 479 g/mol. The molecule has 1 aliphatic rings. The Labute approximate surface area is 194 Å². The molecule has 3 rings (SSSR count). The minimum atomic E-state index is -3.57. The maximum absolute atomic E-state index is 13.2. The van der Waals surface area contributed by atoms with Gasteiger partial charge in [0.05, 0.1) is 4.90 Å². The fourth-order valence-corrected chi connectivity index (χ4v) is 6.94. The van der Waals surface area contributed by atoms with Gasteiger partial charge in [-0.15, -0.1) is 11.8 Å². The lowest BCUT2D eigenvalue weighted by Crippen LogP contribution is -2.43. The molecule has 5 nitrogen and oxygen atoms in total. The standard InChI is InChI=1S/C24H31FN2O3S2/c1-17-15-18(2)23(19(3)16-17)32(29,30)27-12-9-20(10-13-27)24(28)26-11-4-14-31-22-7-5-21(25)6-8-22/h5-8,15-16,20H,4,9-14H2,1-3H3,(H,26,28). The van der Waals surface area contributed by atoms with Gasteiger partial charge >= 0.3 is 0 Å². The van der Waals surface area contributed by atoms with Crippen molar-refractivity contribution in [2.45, 2.75) is 49.8 Å². The maximum Gasteiger partial charge on any atom is 0.243 e. The number of sulfonamides is 1. The fourth-order valence-electron chi connectivity index (χ4n) is 4.21. The normalized spacial score (nSPS) is 15.6. The Morgan fingerprint density at radius 3 is 2.28 bits per heavy atom. The Hall–Kier alpha value is -1.90. The highest BCUT2D eigenvalue weighted by molar-refractivity contribution is 7.99. The predicted octanol–water partition coefficient (Wildman–Crippen LogP) is 4.45. The first-order valence-electron chi connectivity index (χ1n) is 10.9. The lowest BCUT2D eigenvalue weighted by atomic mass is 9.97. The first-order chi connectivity index (χ1) is 15.2. The van der Waals surface area contributed by atoms with E-state index in [4.69, 9.17) is 0 Å². The third-order valence-electron chi connectivity index (χ3n) is 5.73. The van der Waals surface area contributed by atoms with Crippen molar-refractivity contribution < 1.29 is 17.6 Å². The lowest BCUT2D eigenvalue weighted by Gasteiger charge is -2.31. The zero-order chi connectivity index (χ0) is 23.3. The van der Waals surface area contributed by atoms with E-state index in [1.807, 2.05) is 32.9 Å². The van der Waals surface area contributed by atoms with E-state index in [9.17, 15) is 17.6 Å². The molecule has 0 spiro atoms. The Morgan fingerprint density at radius 2 is 1.69 bits per heavy atom. The Morgan fingerprint density at radius 1 is 1.09 bits per heavy atom. The number of carbonyl (C=O) groups is 1. The summed E-state index contributed by atoms with van der Waals surface area (Å²) in [6.07, 6.45) is 1.87. The SMILES string of the molecule is Cc1cc(C)c(S(=O)(=O)N2CCC(C(=O)NCCCSc3ccc(F)cc3)CC2)c(C)c1. The van der Waals surface area contributed by atoms with E-state index in [1.54, 1.807) is 23.9 Å². The lowest BCUT2D eigenvalue weighted by molar-refractivity contribution is -0.126. The summed E-state index contributed by atoms with van der Waals surface area (Å²) in [6, 6.07) is 10.2. The third kappa shape index (κ3) is 6.11.